The molecule has 2 fully saturated rings. The van der Waals surface area contributed by atoms with Gasteiger partial charge in [0.2, 0.25) is 0 Å². The Balaban J connectivity index is 1.52. The monoisotopic (exact) mass is 329 g/mol. The Morgan fingerprint density at radius 3 is 2.71 bits per heavy atom. The van der Waals surface area contributed by atoms with Crippen molar-refractivity contribution >= 4 is 18.0 Å². The summed E-state index contributed by atoms with van der Waals surface area (Å²) in [4.78, 5) is 23.5. The quantitative estimate of drug-likeness (QED) is 0.664. The number of piperidine rings is 1. The van der Waals surface area contributed by atoms with Crippen molar-refractivity contribution in [2.75, 3.05) is 0 Å². The first-order valence-electron chi connectivity index (χ1n) is 8.53. The highest BCUT2D eigenvalue weighted by Crippen LogP contribution is 2.31. The van der Waals surface area contributed by atoms with Gasteiger partial charge in [0.15, 0.2) is 0 Å². The molecular weight excluding hydrogens is 306 g/mol. The van der Waals surface area contributed by atoms with Gasteiger partial charge in [0.25, 0.3) is 0 Å². The molecule has 5 nitrogen and oxygen atoms in total. The second-order valence-corrected chi connectivity index (χ2v) is 6.36. The smallest absolute Gasteiger partial charge is 0.331 e. The average Bonchev–Trinajstić information content (AvgIpc) is 2.87. The summed E-state index contributed by atoms with van der Waals surface area (Å²) in [6, 6.07) is 9.95. The van der Waals surface area contributed by atoms with Crippen molar-refractivity contribution in [3.8, 4) is 0 Å². The molecule has 0 radical (unpaired) electrons. The van der Waals surface area contributed by atoms with E-state index in [4.69, 9.17) is 9.47 Å². The van der Waals surface area contributed by atoms with E-state index in [1.807, 2.05) is 30.3 Å². The molecule has 1 aromatic carbocycles. The fourth-order valence-corrected chi connectivity index (χ4v) is 3.42. The van der Waals surface area contributed by atoms with E-state index < -0.39 is 0 Å². The third-order valence-electron chi connectivity index (χ3n) is 4.55. The van der Waals surface area contributed by atoms with Crippen LogP contribution in [0.3, 0.4) is 0 Å². The Kier molecular flexibility index (Phi) is 5.30. The van der Waals surface area contributed by atoms with Crippen molar-refractivity contribution in [1.29, 1.82) is 0 Å². The lowest BCUT2D eigenvalue weighted by Gasteiger charge is -2.29. The van der Waals surface area contributed by atoms with E-state index in [9.17, 15) is 9.59 Å². The molecule has 1 aromatic rings. The van der Waals surface area contributed by atoms with Gasteiger partial charge in [-0.1, -0.05) is 37.3 Å². The maximum absolute atomic E-state index is 12.0. The van der Waals surface area contributed by atoms with Gasteiger partial charge in [-0.25, -0.2) is 4.79 Å². The first kappa shape index (κ1) is 16.7. The first-order valence-corrected chi connectivity index (χ1v) is 8.53. The normalized spacial score (nSPS) is 28.7. The van der Waals surface area contributed by atoms with Gasteiger partial charge < -0.3 is 14.8 Å². The minimum atomic E-state index is -0.333. The Morgan fingerprint density at radius 2 is 1.96 bits per heavy atom. The first-order chi connectivity index (χ1) is 11.6. The second kappa shape index (κ2) is 7.62. The van der Waals surface area contributed by atoms with E-state index in [1.165, 1.54) is 6.08 Å². The fraction of sp³-hybridized carbons (Fsp3) is 0.474. The summed E-state index contributed by atoms with van der Waals surface area (Å²) in [7, 11) is 0. The maximum Gasteiger partial charge on any atom is 0.331 e. The van der Waals surface area contributed by atoms with Crippen LogP contribution in [0, 0.1) is 0 Å². The molecule has 3 rings (SSSR count). The molecule has 1 N–H and O–H groups in total. The van der Waals surface area contributed by atoms with E-state index >= 15 is 0 Å². The lowest BCUT2D eigenvalue weighted by Crippen LogP contribution is -2.44. The van der Waals surface area contributed by atoms with Gasteiger partial charge in [-0.15, -0.1) is 0 Å². The van der Waals surface area contributed by atoms with Gasteiger partial charge in [0.05, 0.1) is 0 Å². The molecule has 2 aliphatic rings. The molecule has 128 valence electrons. The molecule has 2 aliphatic heterocycles. The summed E-state index contributed by atoms with van der Waals surface area (Å²) in [6.45, 7) is 1.79. The number of benzene rings is 1. The van der Waals surface area contributed by atoms with Gasteiger partial charge >= 0.3 is 11.9 Å². The van der Waals surface area contributed by atoms with Gasteiger partial charge in [0.1, 0.15) is 12.2 Å². The minimum Gasteiger partial charge on any atom is -0.462 e. The van der Waals surface area contributed by atoms with Crippen LogP contribution in [0.4, 0.5) is 0 Å². The van der Waals surface area contributed by atoms with Crippen molar-refractivity contribution in [3.05, 3.63) is 42.0 Å². The molecule has 0 amide bonds. The summed E-state index contributed by atoms with van der Waals surface area (Å²) in [5, 5.41) is 3.45. The predicted octanol–water partition coefficient (Wildman–Crippen LogP) is 2.46. The van der Waals surface area contributed by atoms with E-state index in [1.54, 1.807) is 13.0 Å². The zero-order valence-corrected chi connectivity index (χ0v) is 13.8. The van der Waals surface area contributed by atoms with Crippen LogP contribution in [0.15, 0.2) is 36.4 Å². The standard InChI is InChI=1S/C19H23NO4/c1-2-18(21)23-15-10-14-11-17(16(12-15)20-14)24-19(22)9-8-13-6-4-3-5-7-13/h3-9,14-17,20H,2,10-12H2,1H3. The number of rotatable bonds is 5. The van der Waals surface area contributed by atoms with E-state index in [-0.39, 0.29) is 36.2 Å². The lowest BCUT2D eigenvalue weighted by atomic mass is 10.0. The molecular formula is C19H23NO4. The van der Waals surface area contributed by atoms with Crippen molar-refractivity contribution in [2.24, 2.45) is 0 Å². The topological polar surface area (TPSA) is 64.6 Å². The molecule has 0 aliphatic carbocycles. The van der Waals surface area contributed by atoms with Gasteiger partial charge in [-0.05, 0) is 18.1 Å². The number of carbonyl (C=O) groups excluding carboxylic acids is 2. The molecule has 0 aromatic heterocycles. The molecule has 0 spiro atoms. The number of nitrogens with one attached hydrogen (secondary N) is 1. The maximum atomic E-state index is 12.0. The number of hydrogen-bond donors (Lipinski definition) is 1. The molecule has 2 saturated heterocycles. The molecule has 4 atom stereocenters. The molecule has 5 heteroatoms. The van der Waals surface area contributed by atoms with Crippen LogP contribution < -0.4 is 5.32 Å². The highest BCUT2D eigenvalue weighted by Gasteiger charge is 2.43. The summed E-state index contributed by atoms with van der Waals surface area (Å²) >= 11 is 0. The molecule has 2 heterocycles. The van der Waals surface area contributed by atoms with Gasteiger partial charge in [0, 0.05) is 37.4 Å². The average molecular weight is 329 g/mol. The third-order valence-corrected chi connectivity index (χ3v) is 4.55. The van der Waals surface area contributed by atoms with Crippen LogP contribution in [0.2, 0.25) is 0 Å². The number of esters is 2. The van der Waals surface area contributed by atoms with Gasteiger partial charge in [-0.2, -0.15) is 0 Å². The Labute approximate surface area is 142 Å². The van der Waals surface area contributed by atoms with Gasteiger partial charge in [-0.3, -0.25) is 4.79 Å². The summed E-state index contributed by atoms with van der Waals surface area (Å²) in [6.07, 6.45) is 5.64. The number of fused-ring (bicyclic) bond motifs is 2. The zero-order valence-electron chi connectivity index (χ0n) is 13.8. The van der Waals surface area contributed by atoms with Crippen molar-refractivity contribution in [3.63, 3.8) is 0 Å². The number of ether oxygens (including phenoxy) is 2. The minimum absolute atomic E-state index is 0.0625. The van der Waals surface area contributed by atoms with Crippen LogP contribution in [0.5, 0.6) is 0 Å². The predicted molar refractivity (Wildman–Crippen MR) is 90.1 cm³/mol. The molecule has 0 saturated carbocycles. The SMILES string of the molecule is CCC(=O)OC1CC2CC(OC(=O)C=Cc3ccccc3)C(C1)N2. The van der Waals surface area contributed by atoms with Crippen molar-refractivity contribution in [2.45, 2.75) is 56.9 Å². The van der Waals surface area contributed by atoms with E-state index in [0.29, 0.717) is 12.8 Å². The van der Waals surface area contributed by atoms with E-state index in [0.717, 1.165) is 18.4 Å². The summed E-state index contributed by atoms with van der Waals surface area (Å²) in [5.41, 5.74) is 0.962. The zero-order chi connectivity index (χ0) is 16.9. The Hall–Kier alpha value is -2.14. The van der Waals surface area contributed by atoms with Crippen LogP contribution in [-0.2, 0) is 19.1 Å². The lowest BCUT2D eigenvalue weighted by molar-refractivity contribution is -0.151. The summed E-state index contributed by atoms with van der Waals surface area (Å²) in [5.74, 6) is -0.499. The van der Waals surface area contributed by atoms with E-state index in [2.05, 4.69) is 5.32 Å². The molecule has 2 bridgehead atoms. The largest absolute Gasteiger partial charge is 0.462 e. The van der Waals surface area contributed by atoms with Crippen LogP contribution in [0.1, 0.15) is 38.2 Å². The van der Waals surface area contributed by atoms with Crippen LogP contribution in [0.25, 0.3) is 6.08 Å². The highest BCUT2D eigenvalue weighted by molar-refractivity contribution is 5.87. The van der Waals surface area contributed by atoms with Crippen LogP contribution in [-0.4, -0.2) is 36.2 Å². The van der Waals surface area contributed by atoms with Crippen LogP contribution >= 0.6 is 0 Å². The fourth-order valence-electron chi connectivity index (χ4n) is 3.42. The third kappa shape index (κ3) is 4.23. The molecule has 24 heavy (non-hydrogen) atoms. The van der Waals surface area contributed by atoms with Crippen molar-refractivity contribution < 1.29 is 19.1 Å². The highest BCUT2D eigenvalue weighted by atomic mass is 16.6. The van der Waals surface area contributed by atoms with Crippen molar-refractivity contribution in [1.82, 2.24) is 5.32 Å². The molecule has 4 unspecified atom stereocenters. The Morgan fingerprint density at radius 1 is 1.17 bits per heavy atom. The summed E-state index contributed by atoms with van der Waals surface area (Å²) < 4.78 is 11.0. The number of hydrogen-bond acceptors (Lipinski definition) is 5. The Bertz CT molecular complexity index is 613. The number of carbonyl (C=O) groups is 2. The second-order valence-electron chi connectivity index (χ2n) is 6.36.